The van der Waals surface area contributed by atoms with Crippen molar-refractivity contribution in [3.8, 4) is 5.75 Å². The molecule has 4 saturated heterocycles. The third-order valence-corrected chi connectivity index (χ3v) is 6.83. The molecule has 4 fully saturated rings. The lowest BCUT2D eigenvalue weighted by Crippen LogP contribution is -2.60. The van der Waals surface area contributed by atoms with Crippen LogP contribution in [0.3, 0.4) is 0 Å². The number of furan rings is 1. The first-order chi connectivity index (χ1) is 13.2. The number of rotatable bonds is 3. The zero-order valence-corrected chi connectivity index (χ0v) is 15.9. The number of hydrogen-bond donors (Lipinski definition) is 0. The summed E-state index contributed by atoms with van der Waals surface area (Å²) in [6.07, 6.45) is 3.99. The summed E-state index contributed by atoms with van der Waals surface area (Å²) >= 11 is 0. The third kappa shape index (κ3) is 2.59. The van der Waals surface area contributed by atoms with E-state index in [0.717, 1.165) is 30.9 Å². The van der Waals surface area contributed by atoms with E-state index in [-0.39, 0.29) is 11.9 Å². The number of amides is 1. The standard InChI is InChI=1S/C22H26N2O3/c1-14-8-11-27-21(14)22(25)24-13-18(16-4-3-5-17(12-16)26-2)20-19(24)15-6-9-23(20)10-7-15/h3-5,8,11-12,15,18-20H,6-7,9-10,13H2,1-2H3/t18-,19+,20+/m1/s1. The molecule has 1 aromatic carbocycles. The summed E-state index contributed by atoms with van der Waals surface area (Å²) in [4.78, 5) is 18.1. The van der Waals surface area contributed by atoms with Gasteiger partial charge in [0, 0.05) is 24.1 Å². The Balaban J connectivity index is 1.54. The van der Waals surface area contributed by atoms with Crippen LogP contribution in [0.15, 0.2) is 41.0 Å². The van der Waals surface area contributed by atoms with Gasteiger partial charge in [-0.2, -0.15) is 0 Å². The average Bonchev–Trinajstić information content (AvgIpc) is 3.33. The maximum atomic E-state index is 13.3. The molecule has 6 rings (SSSR count). The Labute approximate surface area is 159 Å². The number of aryl methyl sites for hydroxylation is 1. The number of methoxy groups -OCH3 is 1. The van der Waals surface area contributed by atoms with Crippen molar-refractivity contribution in [1.82, 2.24) is 9.80 Å². The normalized spacial score (nSPS) is 31.8. The van der Waals surface area contributed by atoms with Gasteiger partial charge in [-0.3, -0.25) is 9.69 Å². The number of piperidine rings is 3. The SMILES string of the molecule is COc1cccc([C@H]2CN(C(=O)c3occc3C)[C@H]3C4CCN(CC4)[C@@H]23)c1. The van der Waals surface area contributed by atoms with E-state index in [2.05, 4.69) is 28.0 Å². The molecule has 0 radical (unpaired) electrons. The molecular formula is C22H26N2O3. The highest BCUT2D eigenvalue weighted by Gasteiger charge is 2.55. The first kappa shape index (κ1) is 16.9. The fraction of sp³-hybridized carbons (Fsp3) is 0.500. The lowest BCUT2D eigenvalue weighted by molar-refractivity contribution is -0.00432. The van der Waals surface area contributed by atoms with Crippen molar-refractivity contribution in [1.29, 1.82) is 0 Å². The van der Waals surface area contributed by atoms with E-state index >= 15 is 0 Å². The fourth-order valence-electron chi connectivity index (χ4n) is 5.54. The Morgan fingerprint density at radius 2 is 2.00 bits per heavy atom. The fourth-order valence-corrected chi connectivity index (χ4v) is 5.54. The number of ether oxygens (including phenoxy) is 1. The van der Waals surface area contributed by atoms with Gasteiger partial charge in [-0.25, -0.2) is 0 Å². The molecule has 2 bridgehead atoms. The summed E-state index contributed by atoms with van der Waals surface area (Å²) < 4.78 is 11.0. The minimum Gasteiger partial charge on any atom is -0.497 e. The van der Waals surface area contributed by atoms with Gasteiger partial charge in [-0.15, -0.1) is 0 Å². The summed E-state index contributed by atoms with van der Waals surface area (Å²) in [7, 11) is 1.71. The summed E-state index contributed by atoms with van der Waals surface area (Å²) in [6.45, 7) is 4.98. The molecule has 0 unspecified atom stereocenters. The minimum absolute atomic E-state index is 0.0478. The molecule has 1 amide bonds. The Morgan fingerprint density at radius 3 is 2.70 bits per heavy atom. The van der Waals surface area contributed by atoms with Crippen LogP contribution in [-0.2, 0) is 0 Å². The van der Waals surface area contributed by atoms with Gasteiger partial charge in [0.1, 0.15) is 5.75 Å². The van der Waals surface area contributed by atoms with Crippen LogP contribution in [0, 0.1) is 12.8 Å². The van der Waals surface area contributed by atoms with Crippen LogP contribution in [-0.4, -0.2) is 54.5 Å². The second-order valence-electron chi connectivity index (χ2n) is 8.13. The molecule has 142 valence electrons. The van der Waals surface area contributed by atoms with Crippen molar-refractivity contribution < 1.29 is 13.9 Å². The number of benzene rings is 1. The van der Waals surface area contributed by atoms with E-state index in [4.69, 9.17) is 9.15 Å². The first-order valence-electron chi connectivity index (χ1n) is 9.90. The van der Waals surface area contributed by atoms with Gasteiger partial charge in [-0.1, -0.05) is 12.1 Å². The molecule has 4 aliphatic heterocycles. The molecule has 0 spiro atoms. The van der Waals surface area contributed by atoms with Crippen LogP contribution in [0.2, 0.25) is 0 Å². The third-order valence-electron chi connectivity index (χ3n) is 6.83. The largest absolute Gasteiger partial charge is 0.497 e. The van der Waals surface area contributed by atoms with Gasteiger partial charge >= 0.3 is 0 Å². The summed E-state index contributed by atoms with van der Waals surface area (Å²) in [5.74, 6) is 2.33. The van der Waals surface area contributed by atoms with Crippen molar-refractivity contribution >= 4 is 5.91 Å². The lowest BCUT2D eigenvalue weighted by atomic mass is 9.75. The van der Waals surface area contributed by atoms with Crippen LogP contribution in [0.5, 0.6) is 5.75 Å². The molecular weight excluding hydrogens is 340 g/mol. The number of carbonyl (C=O) groups is 1. The number of hydrogen-bond acceptors (Lipinski definition) is 4. The predicted molar refractivity (Wildman–Crippen MR) is 102 cm³/mol. The van der Waals surface area contributed by atoms with Crippen molar-refractivity contribution in [2.45, 2.75) is 37.8 Å². The Kier molecular flexibility index (Phi) is 4.01. The summed E-state index contributed by atoms with van der Waals surface area (Å²) in [5.41, 5.74) is 2.19. The topological polar surface area (TPSA) is 45.9 Å². The predicted octanol–water partition coefficient (Wildman–Crippen LogP) is 3.30. The van der Waals surface area contributed by atoms with Crippen LogP contribution in [0.1, 0.15) is 40.4 Å². The van der Waals surface area contributed by atoms with Crippen molar-refractivity contribution in [3.63, 3.8) is 0 Å². The lowest BCUT2D eigenvalue weighted by Gasteiger charge is -2.51. The van der Waals surface area contributed by atoms with Gasteiger partial charge in [0.15, 0.2) is 5.76 Å². The molecule has 5 heteroatoms. The van der Waals surface area contributed by atoms with E-state index in [9.17, 15) is 4.79 Å². The van der Waals surface area contributed by atoms with E-state index < -0.39 is 0 Å². The van der Waals surface area contributed by atoms with Gasteiger partial charge in [0.2, 0.25) is 0 Å². The van der Waals surface area contributed by atoms with E-state index in [1.54, 1.807) is 13.4 Å². The molecule has 3 atom stereocenters. The van der Waals surface area contributed by atoms with Crippen molar-refractivity contribution in [2.75, 3.05) is 26.7 Å². The highest BCUT2D eigenvalue weighted by molar-refractivity contribution is 5.93. The number of carbonyl (C=O) groups excluding carboxylic acids is 1. The van der Waals surface area contributed by atoms with E-state index in [1.165, 1.54) is 18.4 Å². The molecule has 5 nitrogen and oxygen atoms in total. The van der Waals surface area contributed by atoms with Gasteiger partial charge in [0.05, 0.1) is 19.4 Å². The van der Waals surface area contributed by atoms with Crippen LogP contribution in [0.25, 0.3) is 0 Å². The van der Waals surface area contributed by atoms with Gasteiger partial charge < -0.3 is 14.1 Å². The molecule has 0 saturated carbocycles. The van der Waals surface area contributed by atoms with Crippen LogP contribution < -0.4 is 4.74 Å². The molecule has 4 aliphatic rings. The number of likely N-dealkylation sites (tertiary alicyclic amines) is 1. The van der Waals surface area contributed by atoms with E-state index in [0.29, 0.717) is 23.6 Å². The maximum absolute atomic E-state index is 13.3. The van der Waals surface area contributed by atoms with Gasteiger partial charge in [0.25, 0.3) is 5.91 Å². The smallest absolute Gasteiger partial charge is 0.290 e. The highest BCUT2D eigenvalue weighted by Crippen LogP contribution is 2.47. The Bertz CT molecular complexity index is 853. The van der Waals surface area contributed by atoms with E-state index in [1.807, 2.05) is 19.1 Å². The molecule has 0 N–H and O–H groups in total. The van der Waals surface area contributed by atoms with Crippen molar-refractivity contribution in [3.05, 3.63) is 53.5 Å². The Hall–Kier alpha value is -2.27. The first-order valence-corrected chi connectivity index (χ1v) is 9.90. The average molecular weight is 366 g/mol. The highest BCUT2D eigenvalue weighted by atomic mass is 16.5. The van der Waals surface area contributed by atoms with Crippen molar-refractivity contribution in [2.24, 2.45) is 5.92 Å². The van der Waals surface area contributed by atoms with Crippen LogP contribution >= 0.6 is 0 Å². The molecule has 1 aromatic heterocycles. The zero-order valence-electron chi connectivity index (χ0n) is 15.9. The number of nitrogens with zero attached hydrogens (tertiary/aromatic N) is 2. The summed E-state index contributed by atoms with van der Waals surface area (Å²) in [5, 5.41) is 0. The molecule has 0 aliphatic carbocycles. The minimum atomic E-state index is 0.0478. The second kappa shape index (κ2) is 6.41. The monoisotopic (exact) mass is 366 g/mol. The van der Waals surface area contributed by atoms with Gasteiger partial charge in [-0.05, 0) is 62.5 Å². The second-order valence-corrected chi connectivity index (χ2v) is 8.13. The zero-order chi connectivity index (χ0) is 18.5. The Morgan fingerprint density at radius 1 is 1.19 bits per heavy atom. The van der Waals surface area contributed by atoms with Crippen LogP contribution in [0.4, 0.5) is 0 Å². The maximum Gasteiger partial charge on any atom is 0.290 e. The summed E-state index contributed by atoms with van der Waals surface area (Å²) in [6, 6.07) is 10.9. The quantitative estimate of drug-likeness (QED) is 0.836. The molecule has 27 heavy (non-hydrogen) atoms. The molecule has 2 aromatic rings. The number of fused-ring (bicyclic) bond motifs is 2. The molecule has 5 heterocycles.